The monoisotopic (exact) mass is 328 g/mol. The number of halogens is 1. The van der Waals surface area contributed by atoms with Gasteiger partial charge in [0.2, 0.25) is 5.91 Å². The Morgan fingerprint density at radius 1 is 1.50 bits per heavy atom. The zero-order chi connectivity index (χ0) is 15.1. The van der Waals surface area contributed by atoms with Crippen molar-refractivity contribution in [2.45, 2.75) is 26.3 Å². The minimum Gasteiger partial charge on any atom is -0.493 e. The molecule has 0 spiro atoms. The van der Waals surface area contributed by atoms with Gasteiger partial charge in [-0.3, -0.25) is 4.79 Å². The highest BCUT2D eigenvalue weighted by molar-refractivity contribution is 5.91. The number of nitrogens with one attached hydrogen (secondary N) is 2. The zero-order valence-corrected chi connectivity index (χ0v) is 13.9. The molecule has 1 aliphatic heterocycles. The van der Waals surface area contributed by atoms with Gasteiger partial charge in [0.1, 0.15) is 5.75 Å². The summed E-state index contributed by atoms with van der Waals surface area (Å²) in [5.41, 5.74) is 0.762. The molecular weight excluding hydrogens is 304 g/mol. The van der Waals surface area contributed by atoms with Crippen molar-refractivity contribution in [3.8, 4) is 5.75 Å². The summed E-state index contributed by atoms with van der Waals surface area (Å²) in [5.74, 6) is 1.24. The van der Waals surface area contributed by atoms with Crippen molar-refractivity contribution in [3.05, 3.63) is 24.3 Å². The van der Waals surface area contributed by atoms with Gasteiger partial charge in [-0.2, -0.15) is 0 Å². The second-order valence-electron chi connectivity index (χ2n) is 5.71. The van der Waals surface area contributed by atoms with Crippen LogP contribution in [0.3, 0.4) is 0 Å². The van der Waals surface area contributed by atoms with Crippen LogP contribution in [-0.2, 0) is 9.53 Å². The highest BCUT2D eigenvalue weighted by Gasteiger charge is 2.16. The predicted octanol–water partition coefficient (Wildman–Crippen LogP) is 2.46. The van der Waals surface area contributed by atoms with Crippen molar-refractivity contribution in [1.29, 1.82) is 0 Å². The van der Waals surface area contributed by atoms with Crippen LogP contribution in [0.4, 0.5) is 5.69 Å². The molecule has 22 heavy (non-hydrogen) atoms. The maximum absolute atomic E-state index is 12.0. The van der Waals surface area contributed by atoms with E-state index in [0.29, 0.717) is 32.2 Å². The molecule has 0 bridgehead atoms. The average Bonchev–Trinajstić information content (AvgIpc) is 2.46. The molecule has 1 atom stereocenters. The van der Waals surface area contributed by atoms with Crippen molar-refractivity contribution in [2.75, 3.05) is 31.7 Å². The third-order valence-corrected chi connectivity index (χ3v) is 3.13. The lowest BCUT2D eigenvalue weighted by Gasteiger charge is -2.23. The molecule has 0 saturated carbocycles. The molecule has 1 aliphatic rings. The molecule has 0 aromatic heterocycles. The normalized spacial score (nSPS) is 17.7. The van der Waals surface area contributed by atoms with E-state index < -0.39 is 0 Å². The Morgan fingerprint density at radius 3 is 3.00 bits per heavy atom. The van der Waals surface area contributed by atoms with E-state index in [9.17, 15) is 4.79 Å². The molecule has 2 N–H and O–H groups in total. The standard InChI is InChI=1S/C16H24N2O3.ClH/c1-12(2)10-21-15-5-3-4-13(8-15)18-16(19)9-14-11-20-7-6-17-14;/h3-5,8,12,14,17H,6-7,9-11H2,1-2H3,(H,18,19);1H. The number of benzene rings is 1. The highest BCUT2D eigenvalue weighted by Crippen LogP contribution is 2.18. The number of ether oxygens (including phenoxy) is 2. The molecule has 1 saturated heterocycles. The fraction of sp³-hybridized carbons (Fsp3) is 0.562. The summed E-state index contributed by atoms with van der Waals surface area (Å²) in [6.45, 7) is 6.98. The van der Waals surface area contributed by atoms with Crippen molar-refractivity contribution in [3.63, 3.8) is 0 Å². The second-order valence-corrected chi connectivity index (χ2v) is 5.71. The number of morpholine rings is 1. The summed E-state index contributed by atoms with van der Waals surface area (Å²) in [6, 6.07) is 7.59. The maximum atomic E-state index is 12.0. The topological polar surface area (TPSA) is 59.6 Å². The van der Waals surface area contributed by atoms with Crippen LogP contribution in [-0.4, -0.2) is 38.3 Å². The van der Waals surface area contributed by atoms with Crippen LogP contribution in [0.2, 0.25) is 0 Å². The van der Waals surface area contributed by atoms with E-state index in [4.69, 9.17) is 9.47 Å². The maximum Gasteiger partial charge on any atom is 0.226 e. The Hall–Kier alpha value is -1.30. The van der Waals surface area contributed by atoms with Crippen molar-refractivity contribution in [2.24, 2.45) is 5.92 Å². The molecule has 1 unspecified atom stereocenters. The van der Waals surface area contributed by atoms with Crippen LogP contribution in [0.15, 0.2) is 24.3 Å². The van der Waals surface area contributed by atoms with Gasteiger partial charge < -0.3 is 20.1 Å². The van der Waals surface area contributed by atoms with Crippen LogP contribution in [0.5, 0.6) is 5.75 Å². The SMILES string of the molecule is CC(C)COc1cccc(NC(=O)CC2COCCN2)c1.Cl. The van der Waals surface area contributed by atoms with E-state index in [-0.39, 0.29) is 24.4 Å². The first-order chi connectivity index (χ1) is 10.1. The summed E-state index contributed by atoms with van der Waals surface area (Å²) in [7, 11) is 0. The first-order valence-corrected chi connectivity index (χ1v) is 7.47. The Morgan fingerprint density at radius 2 is 2.32 bits per heavy atom. The number of amides is 1. The van der Waals surface area contributed by atoms with Gasteiger partial charge >= 0.3 is 0 Å². The van der Waals surface area contributed by atoms with E-state index in [0.717, 1.165) is 18.0 Å². The molecule has 1 fully saturated rings. The largest absolute Gasteiger partial charge is 0.493 e. The second kappa shape index (κ2) is 9.66. The fourth-order valence-corrected chi connectivity index (χ4v) is 2.11. The van der Waals surface area contributed by atoms with Crippen LogP contribution in [0.25, 0.3) is 0 Å². The highest BCUT2D eigenvalue weighted by atomic mass is 35.5. The van der Waals surface area contributed by atoms with Gasteiger partial charge in [0.05, 0.1) is 19.8 Å². The lowest BCUT2D eigenvalue weighted by Crippen LogP contribution is -2.43. The molecule has 2 rings (SSSR count). The number of rotatable bonds is 6. The lowest BCUT2D eigenvalue weighted by molar-refractivity contribution is -0.117. The van der Waals surface area contributed by atoms with E-state index in [1.807, 2.05) is 24.3 Å². The van der Waals surface area contributed by atoms with Gasteiger partial charge in [-0.05, 0) is 18.1 Å². The van der Waals surface area contributed by atoms with Crippen molar-refractivity contribution < 1.29 is 14.3 Å². The Kier molecular flexibility index (Phi) is 8.24. The molecule has 124 valence electrons. The number of carbonyl (C=O) groups is 1. The number of carbonyl (C=O) groups excluding carboxylic acids is 1. The van der Waals surface area contributed by atoms with Gasteiger partial charge in [0.15, 0.2) is 0 Å². The molecular formula is C16H25ClN2O3. The molecule has 5 nitrogen and oxygen atoms in total. The summed E-state index contributed by atoms with van der Waals surface area (Å²) in [5, 5.41) is 6.17. The van der Waals surface area contributed by atoms with E-state index >= 15 is 0 Å². The molecule has 1 amide bonds. The van der Waals surface area contributed by atoms with Crippen LogP contribution in [0.1, 0.15) is 20.3 Å². The molecule has 1 aromatic carbocycles. The molecule has 1 heterocycles. The molecule has 0 radical (unpaired) electrons. The summed E-state index contributed by atoms with van der Waals surface area (Å²) in [4.78, 5) is 12.0. The smallest absolute Gasteiger partial charge is 0.226 e. The average molecular weight is 329 g/mol. The summed E-state index contributed by atoms with van der Waals surface area (Å²) >= 11 is 0. The Bertz CT molecular complexity index is 462. The first kappa shape index (κ1) is 18.7. The minimum absolute atomic E-state index is 0. The summed E-state index contributed by atoms with van der Waals surface area (Å²) < 4.78 is 11.0. The molecule has 0 aliphatic carbocycles. The van der Waals surface area contributed by atoms with E-state index in [1.165, 1.54) is 0 Å². The van der Waals surface area contributed by atoms with Crippen LogP contribution < -0.4 is 15.4 Å². The lowest BCUT2D eigenvalue weighted by atomic mass is 10.2. The fourth-order valence-electron chi connectivity index (χ4n) is 2.11. The Labute approximate surface area is 138 Å². The van der Waals surface area contributed by atoms with Crippen LogP contribution in [0, 0.1) is 5.92 Å². The zero-order valence-electron chi connectivity index (χ0n) is 13.1. The third kappa shape index (κ3) is 6.64. The van der Waals surface area contributed by atoms with Crippen molar-refractivity contribution in [1.82, 2.24) is 5.32 Å². The van der Waals surface area contributed by atoms with Gasteiger partial charge in [0.25, 0.3) is 0 Å². The number of anilines is 1. The van der Waals surface area contributed by atoms with Gasteiger partial charge in [0, 0.05) is 30.8 Å². The van der Waals surface area contributed by atoms with Crippen molar-refractivity contribution >= 4 is 24.0 Å². The van der Waals surface area contributed by atoms with E-state index in [1.54, 1.807) is 0 Å². The van der Waals surface area contributed by atoms with Gasteiger partial charge in [-0.15, -0.1) is 12.4 Å². The molecule has 1 aromatic rings. The van der Waals surface area contributed by atoms with Crippen LogP contribution >= 0.6 is 12.4 Å². The van der Waals surface area contributed by atoms with E-state index in [2.05, 4.69) is 24.5 Å². The molecule has 6 heteroatoms. The van der Waals surface area contributed by atoms with Gasteiger partial charge in [-0.1, -0.05) is 19.9 Å². The third-order valence-electron chi connectivity index (χ3n) is 3.13. The summed E-state index contributed by atoms with van der Waals surface area (Å²) in [6.07, 6.45) is 0.414. The number of hydrogen-bond donors (Lipinski definition) is 2. The van der Waals surface area contributed by atoms with Gasteiger partial charge in [-0.25, -0.2) is 0 Å². The number of hydrogen-bond acceptors (Lipinski definition) is 4. The minimum atomic E-state index is -0.0148. The first-order valence-electron chi connectivity index (χ1n) is 7.47. The quantitative estimate of drug-likeness (QED) is 0.842. The predicted molar refractivity (Wildman–Crippen MR) is 89.9 cm³/mol. The Balaban J connectivity index is 0.00000242.